The number of carbonyl (C=O) groups is 1. The molecular formula is C18H28N2O3. The minimum absolute atomic E-state index is 0.0810. The highest BCUT2D eigenvalue weighted by Crippen LogP contribution is 2.18. The van der Waals surface area contributed by atoms with E-state index in [9.17, 15) is 4.79 Å². The van der Waals surface area contributed by atoms with Crippen molar-refractivity contribution < 1.29 is 14.3 Å². The molecule has 5 nitrogen and oxygen atoms in total. The predicted molar refractivity (Wildman–Crippen MR) is 91.0 cm³/mol. The number of amides is 1. The van der Waals surface area contributed by atoms with E-state index < -0.39 is 0 Å². The Morgan fingerprint density at radius 3 is 2.70 bits per heavy atom. The number of hydrogen-bond acceptors (Lipinski definition) is 4. The number of hydrogen-bond donors (Lipinski definition) is 1. The first-order chi connectivity index (χ1) is 11.2. The van der Waals surface area contributed by atoms with Crippen LogP contribution in [-0.4, -0.2) is 56.8 Å². The molecule has 128 valence electrons. The maximum Gasteiger partial charge on any atom is 0.255 e. The first-order valence-corrected chi connectivity index (χ1v) is 8.44. The van der Waals surface area contributed by atoms with Gasteiger partial charge in [0.1, 0.15) is 12.4 Å². The van der Waals surface area contributed by atoms with Gasteiger partial charge in [-0.05, 0) is 45.0 Å². The summed E-state index contributed by atoms with van der Waals surface area (Å²) in [4.78, 5) is 14.9. The van der Waals surface area contributed by atoms with Crippen LogP contribution in [0, 0.1) is 0 Å². The molecule has 2 rings (SSSR count). The molecule has 1 aromatic carbocycles. The molecule has 1 atom stereocenters. The summed E-state index contributed by atoms with van der Waals surface area (Å²) >= 11 is 0. The molecule has 0 aliphatic carbocycles. The van der Waals surface area contributed by atoms with Gasteiger partial charge in [-0.15, -0.1) is 0 Å². The molecule has 23 heavy (non-hydrogen) atoms. The van der Waals surface area contributed by atoms with Crippen LogP contribution in [0.5, 0.6) is 5.75 Å². The van der Waals surface area contributed by atoms with Crippen LogP contribution in [0.25, 0.3) is 0 Å². The Labute approximate surface area is 139 Å². The van der Waals surface area contributed by atoms with Gasteiger partial charge in [0.2, 0.25) is 0 Å². The van der Waals surface area contributed by atoms with Gasteiger partial charge in [-0.3, -0.25) is 4.79 Å². The predicted octanol–water partition coefficient (Wildman–Crippen LogP) is 2.32. The van der Waals surface area contributed by atoms with Gasteiger partial charge >= 0.3 is 0 Å². The number of nitrogens with one attached hydrogen (secondary N) is 1. The van der Waals surface area contributed by atoms with Gasteiger partial charge in [0.25, 0.3) is 5.91 Å². The first kappa shape index (κ1) is 17.8. The SMILES string of the molecule is COCCOc1ccccc1C(=O)NC(C)CN1CCCCC1. The topological polar surface area (TPSA) is 50.8 Å². The lowest BCUT2D eigenvalue weighted by molar-refractivity contribution is 0.0918. The van der Waals surface area contributed by atoms with Gasteiger partial charge < -0.3 is 19.7 Å². The fourth-order valence-electron chi connectivity index (χ4n) is 2.89. The van der Waals surface area contributed by atoms with Crippen LogP contribution in [0.15, 0.2) is 24.3 Å². The fraction of sp³-hybridized carbons (Fsp3) is 0.611. The highest BCUT2D eigenvalue weighted by atomic mass is 16.5. The average molecular weight is 320 g/mol. The smallest absolute Gasteiger partial charge is 0.255 e. The van der Waals surface area contributed by atoms with Crippen molar-refractivity contribution in [1.82, 2.24) is 10.2 Å². The Bertz CT molecular complexity index is 487. The molecule has 0 aromatic heterocycles. The second-order valence-corrected chi connectivity index (χ2v) is 6.07. The van der Waals surface area contributed by atoms with E-state index in [0.717, 1.165) is 19.6 Å². The molecule has 1 heterocycles. The third-order valence-electron chi connectivity index (χ3n) is 4.03. The zero-order valence-corrected chi connectivity index (χ0v) is 14.2. The summed E-state index contributed by atoms with van der Waals surface area (Å²) in [5.74, 6) is 0.523. The van der Waals surface area contributed by atoms with Crippen molar-refractivity contribution in [2.75, 3.05) is 40.0 Å². The van der Waals surface area contributed by atoms with Crippen LogP contribution in [-0.2, 0) is 4.74 Å². The van der Waals surface area contributed by atoms with Crippen LogP contribution < -0.4 is 10.1 Å². The van der Waals surface area contributed by atoms with Crippen LogP contribution in [0.4, 0.5) is 0 Å². The molecule has 1 aliphatic rings. The molecule has 0 bridgehead atoms. The van der Waals surface area contributed by atoms with Crippen molar-refractivity contribution in [1.29, 1.82) is 0 Å². The molecule has 0 radical (unpaired) electrons. The molecule has 1 aliphatic heterocycles. The van der Waals surface area contributed by atoms with Crippen LogP contribution >= 0.6 is 0 Å². The van der Waals surface area contributed by atoms with Crippen molar-refractivity contribution in [3.05, 3.63) is 29.8 Å². The van der Waals surface area contributed by atoms with Crippen molar-refractivity contribution in [3.8, 4) is 5.75 Å². The summed E-state index contributed by atoms with van der Waals surface area (Å²) in [5.41, 5.74) is 0.578. The number of carbonyl (C=O) groups excluding carboxylic acids is 1. The second-order valence-electron chi connectivity index (χ2n) is 6.07. The van der Waals surface area contributed by atoms with E-state index in [1.165, 1.54) is 19.3 Å². The van der Waals surface area contributed by atoms with E-state index in [-0.39, 0.29) is 11.9 Å². The summed E-state index contributed by atoms with van der Waals surface area (Å²) in [6, 6.07) is 7.46. The average Bonchev–Trinajstić information content (AvgIpc) is 2.56. The highest BCUT2D eigenvalue weighted by Gasteiger charge is 2.17. The Morgan fingerprint density at radius 2 is 1.96 bits per heavy atom. The molecule has 1 aromatic rings. The monoisotopic (exact) mass is 320 g/mol. The number of methoxy groups -OCH3 is 1. The van der Waals surface area contributed by atoms with Gasteiger partial charge in [-0.1, -0.05) is 18.6 Å². The van der Waals surface area contributed by atoms with E-state index in [1.54, 1.807) is 13.2 Å². The van der Waals surface area contributed by atoms with Crippen LogP contribution in [0.3, 0.4) is 0 Å². The minimum Gasteiger partial charge on any atom is -0.490 e. The Hall–Kier alpha value is -1.59. The summed E-state index contributed by atoms with van der Waals surface area (Å²) in [5, 5.41) is 3.08. The van der Waals surface area contributed by atoms with E-state index in [2.05, 4.69) is 17.1 Å². The fourth-order valence-corrected chi connectivity index (χ4v) is 2.89. The maximum atomic E-state index is 12.5. The molecule has 5 heteroatoms. The number of rotatable bonds is 8. The molecular weight excluding hydrogens is 292 g/mol. The number of nitrogens with zero attached hydrogens (tertiary/aromatic N) is 1. The van der Waals surface area contributed by atoms with Crippen molar-refractivity contribution in [3.63, 3.8) is 0 Å². The van der Waals surface area contributed by atoms with Gasteiger partial charge in [0, 0.05) is 19.7 Å². The molecule has 0 spiro atoms. The van der Waals surface area contributed by atoms with E-state index in [0.29, 0.717) is 24.5 Å². The zero-order chi connectivity index (χ0) is 16.5. The number of piperidine rings is 1. The standard InChI is InChI=1S/C18H28N2O3/c1-15(14-20-10-6-3-7-11-20)19-18(21)16-8-4-5-9-17(16)23-13-12-22-2/h4-5,8-9,15H,3,6-7,10-14H2,1-2H3,(H,19,21). The maximum absolute atomic E-state index is 12.5. The third kappa shape index (κ3) is 5.84. The summed E-state index contributed by atoms with van der Waals surface area (Å²) in [6.45, 7) is 6.17. The van der Waals surface area contributed by atoms with Gasteiger partial charge in [0.05, 0.1) is 12.2 Å². The normalized spacial score (nSPS) is 16.8. The Balaban J connectivity index is 1.88. The van der Waals surface area contributed by atoms with Crippen molar-refractivity contribution in [2.24, 2.45) is 0 Å². The van der Waals surface area contributed by atoms with Crippen LogP contribution in [0.2, 0.25) is 0 Å². The largest absolute Gasteiger partial charge is 0.490 e. The lowest BCUT2D eigenvalue weighted by Gasteiger charge is -2.29. The van der Waals surface area contributed by atoms with Crippen molar-refractivity contribution in [2.45, 2.75) is 32.2 Å². The third-order valence-corrected chi connectivity index (χ3v) is 4.03. The number of para-hydroxylation sites is 1. The van der Waals surface area contributed by atoms with Gasteiger partial charge in [-0.25, -0.2) is 0 Å². The van der Waals surface area contributed by atoms with E-state index >= 15 is 0 Å². The van der Waals surface area contributed by atoms with Crippen LogP contribution in [0.1, 0.15) is 36.5 Å². The van der Waals surface area contributed by atoms with Gasteiger partial charge in [0.15, 0.2) is 0 Å². The molecule has 1 fully saturated rings. The summed E-state index contributed by atoms with van der Waals surface area (Å²) in [7, 11) is 1.63. The minimum atomic E-state index is -0.0810. The number of ether oxygens (including phenoxy) is 2. The molecule has 0 saturated carbocycles. The Kier molecular flexibility index (Phi) is 7.36. The zero-order valence-electron chi connectivity index (χ0n) is 14.2. The highest BCUT2D eigenvalue weighted by molar-refractivity contribution is 5.97. The molecule has 1 unspecified atom stereocenters. The van der Waals surface area contributed by atoms with E-state index in [4.69, 9.17) is 9.47 Å². The number of likely N-dealkylation sites (tertiary alicyclic amines) is 1. The van der Waals surface area contributed by atoms with Crippen molar-refractivity contribution >= 4 is 5.91 Å². The lowest BCUT2D eigenvalue weighted by Crippen LogP contribution is -2.43. The summed E-state index contributed by atoms with van der Waals surface area (Å²) in [6.07, 6.45) is 3.84. The molecule has 1 amide bonds. The van der Waals surface area contributed by atoms with E-state index in [1.807, 2.05) is 18.2 Å². The quantitative estimate of drug-likeness (QED) is 0.747. The Morgan fingerprint density at radius 1 is 1.22 bits per heavy atom. The molecule has 1 saturated heterocycles. The first-order valence-electron chi connectivity index (χ1n) is 8.44. The lowest BCUT2D eigenvalue weighted by atomic mass is 10.1. The van der Waals surface area contributed by atoms with Gasteiger partial charge in [-0.2, -0.15) is 0 Å². The number of benzene rings is 1. The second kappa shape index (κ2) is 9.53. The molecule has 1 N–H and O–H groups in total. The summed E-state index contributed by atoms with van der Waals surface area (Å²) < 4.78 is 10.6.